The van der Waals surface area contributed by atoms with Crippen LogP contribution in [0.25, 0.3) is 0 Å². The van der Waals surface area contributed by atoms with Gasteiger partial charge < -0.3 is 10.9 Å². The molecule has 106 valence electrons. The van der Waals surface area contributed by atoms with Crippen LogP contribution in [0.2, 0.25) is 0 Å². The van der Waals surface area contributed by atoms with E-state index in [0.29, 0.717) is 13.1 Å². The monoisotopic (exact) mass is 278 g/mol. The molecule has 1 rings (SSSR count). The van der Waals surface area contributed by atoms with Crippen molar-refractivity contribution >= 4 is 16.0 Å². The number of hydrogen-bond donors (Lipinski definition) is 2. The van der Waals surface area contributed by atoms with Crippen molar-refractivity contribution in [2.75, 3.05) is 19.6 Å². The molecule has 3 N–H and O–H groups in total. The minimum atomic E-state index is -3.53. The minimum absolute atomic E-state index is 0.00471. The summed E-state index contributed by atoms with van der Waals surface area (Å²) < 4.78 is 27.6. The molecule has 1 fully saturated rings. The van der Waals surface area contributed by atoms with Gasteiger partial charge in [-0.25, -0.2) is 0 Å². The summed E-state index contributed by atoms with van der Waals surface area (Å²) >= 11 is 0. The molecule has 1 saturated heterocycles. The van der Waals surface area contributed by atoms with Crippen molar-refractivity contribution in [3.8, 4) is 0 Å². The quantitative estimate of drug-likeness (QED) is 0.324. The third-order valence-electron chi connectivity index (χ3n) is 3.18. The average Bonchev–Trinajstić information content (AvgIpc) is 2.35. The van der Waals surface area contributed by atoms with Crippen LogP contribution in [0.4, 0.5) is 0 Å². The first-order valence-corrected chi connectivity index (χ1v) is 7.56. The zero-order valence-corrected chi connectivity index (χ0v) is 11.7. The first-order valence-electron chi connectivity index (χ1n) is 6.16. The molecule has 0 aromatic heterocycles. The number of nitrogens with zero attached hydrogens (tertiary/aromatic N) is 3. The standard InChI is InChI=1S/C10H22N4O3S/c1-3-13(8-10(11)12-15)18(16,17)14-7-5-4-6-9(14)2/h9,15H,3-8H2,1-2H3,(H2,11,12). The lowest BCUT2D eigenvalue weighted by atomic mass is 10.1. The Kier molecular flexibility index (Phi) is 5.36. The van der Waals surface area contributed by atoms with Gasteiger partial charge in [-0.3, -0.25) is 0 Å². The van der Waals surface area contributed by atoms with E-state index in [1.165, 1.54) is 8.61 Å². The highest BCUT2D eigenvalue weighted by atomic mass is 32.2. The van der Waals surface area contributed by atoms with Gasteiger partial charge in [0.15, 0.2) is 5.84 Å². The summed E-state index contributed by atoms with van der Waals surface area (Å²) in [6.45, 7) is 4.39. The molecule has 0 aromatic carbocycles. The molecular formula is C10H22N4O3S. The van der Waals surface area contributed by atoms with Crippen LogP contribution in [-0.4, -0.2) is 53.7 Å². The summed E-state index contributed by atoms with van der Waals surface area (Å²) in [6.07, 6.45) is 2.81. The summed E-state index contributed by atoms with van der Waals surface area (Å²) in [5.74, 6) is -0.106. The van der Waals surface area contributed by atoms with Crippen molar-refractivity contribution in [1.29, 1.82) is 0 Å². The number of likely N-dealkylation sites (N-methyl/N-ethyl adjacent to an activating group) is 1. The van der Waals surface area contributed by atoms with Crippen molar-refractivity contribution in [1.82, 2.24) is 8.61 Å². The topological polar surface area (TPSA) is 99.2 Å². The van der Waals surface area contributed by atoms with E-state index in [1.807, 2.05) is 6.92 Å². The summed E-state index contributed by atoms with van der Waals surface area (Å²) in [6, 6.07) is 0.00471. The second-order valence-electron chi connectivity index (χ2n) is 4.48. The van der Waals surface area contributed by atoms with Crippen LogP contribution in [0, 0.1) is 0 Å². The molecule has 18 heavy (non-hydrogen) atoms. The molecule has 0 aliphatic carbocycles. The average molecular weight is 278 g/mol. The Balaban J connectivity index is 2.88. The van der Waals surface area contributed by atoms with Gasteiger partial charge in [0, 0.05) is 19.1 Å². The summed E-state index contributed by atoms with van der Waals surface area (Å²) in [5.41, 5.74) is 5.39. The van der Waals surface area contributed by atoms with E-state index in [2.05, 4.69) is 5.16 Å². The highest BCUT2D eigenvalue weighted by molar-refractivity contribution is 7.86. The summed E-state index contributed by atoms with van der Waals surface area (Å²) in [5, 5.41) is 11.4. The van der Waals surface area contributed by atoms with E-state index in [1.54, 1.807) is 6.92 Å². The van der Waals surface area contributed by atoms with Crippen LogP contribution >= 0.6 is 0 Å². The normalized spacial score (nSPS) is 23.5. The van der Waals surface area contributed by atoms with E-state index >= 15 is 0 Å². The Hall–Kier alpha value is -0.860. The highest BCUT2D eigenvalue weighted by Gasteiger charge is 2.34. The molecule has 0 saturated carbocycles. The number of amidine groups is 1. The van der Waals surface area contributed by atoms with Crippen LogP contribution in [0.15, 0.2) is 5.16 Å². The summed E-state index contributed by atoms with van der Waals surface area (Å²) in [7, 11) is -3.53. The predicted molar refractivity (Wildman–Crippen MR) is 69.6 cm³/mol. The number of nitrogens with two attached hydrogens (primary N) is 1. The lowest BCUT2D eigenvalue weighted by molar-refractivity contribution is 0.249. The molecular weight excluding hydrogens is 256 g/mol. The van der Waals surface area contributed by atoms with Crippen LogP contribution in [-0.2, 0) is 10.2 Å². The van der Waals surface area contributed by atoms with Crippen molar-refractivity contribution in [3.05, 3.63) is 0 Å². The Morgan fingerprint density at radius 1 is 1.56 bits per heavy atom. The first-order chi connectivity index (χ1) is 8.43. The molecule has 1 aliphatic heterocycles. The lowest BCUT2D eigenvalue weighted by Crippen LogP contribution is -2.51. The molecule has 0 amide bonds. The maximum absolute atomic E-state index is 12.4. The molecule has 1 heterocycles. The van der Waals surface area contributed by atoms with Crippen LogP contribution in [0.5, 0.6) is 0 Å². The lowest BCUT2D eigenvalue weighted by Gasteiger charge is -2.35. The van der Waals surface area contributed by atoms with Gasteiger partial charge in [-0.15, -0.1) is 0 Å². The van der Waals surface area contributed by atoms with Gasteiger partial charge in [0.05, 0.1) is 6.54 Å². The first kappa shape index (κ1) is 15.2. The number of oxime groups is 1. The largest absolute Gasteiger partial charge is 0.409 e. The molecule has 0 bridgehead atoms. The molecule has 7 nitrogen and oxygen atoms in total. The maximum Gasteiger partial charge on any atom is 0.282 e. The Labute approximate surface area is 108 Å². The van der Waals surface area contributed by atoms with E-state index < -0.39 is 10.2 Å². The van der Waals surface area contributed by atoms with Gasteiger partial charge >= 0.3 is 0 Å². The van der Waals surface area contributed by atoms with Crippen molar-refractivity contribution in [2.24, 2.45) is 10.9 Å². The van der Waals surface area contributed by atoms with E-state index in [4.69, 9.17) is 10.9 Å². The number of rotatable bonds is 5. The molecule has 0 spiro atoms. The highest BCUT2D eigenvalue weighted by Crippen LogP contribution is 2.21. The van der Waals surface area contributed by atoms with E-state index in [0.717, 1.165) is 19.3 Å². The molecule has 1 aliphatic rings. The second-order valence-corrected chi connectivity index (χ2v) is 6.36. The zero-order valence-electron chi connectivity index (χ0n) is 10.9. The third kappa shape index (κ3) is 3.33. The smallest absolute Gasteiger partial charge is 0.282 e. The van der Waals surface area contributed by atoms with Gasteiger partial charge in [0.25, 0.3) is 10.2 Å². The van der Waals surface area contributed by atoms with E-state index in [-0.39, 0.29) is 18.4 Å². The molecule has 1 atom stereocenters. The third-order valence-corrected chi connectivity index (χ3v) is 5.36. The fourth-order valence-corrected chi connectivity index (χ4v) is 3.97. The Morgan fingerprint density at radius 2 is 2.22 bits per heavy atom. The Morgan fingerprint density at radius 3 is 2.72 bits per heavy atom. The van der Waals surface area contributed by atoms with Crippen LogP contribution < -0.4 is 5.73 Å². The fraction of sp³-hybridized carbons (Fsp3) is 0.900. The SMILES string of the molecule is CCN(CC(N)=NO)S(=O)(=O)N1CCCCC1C. The second kappa shape index (κ2) is 6.35. The fourth-order valence-electron chi connectivity index (χ4n) is 2.13. The van der Waals surface area contributed by atoms with Crippen molar-refractivity contribution < 1.29 is 13.6 Å². The Bertz CT molecular complexity index is 396. The van der Waals surface area contributed by atoms with Crippen molar-refractivity contribution in [3.63, 3.8) is 0 Å². The predicted octanol–water partition coefficient (Wildman–Crippen LogP) is 0.174. The summed E-state index contributed by atoms with van der Waals surface area (Å²) in [4.78, 5) is 0. The molecule has 1 unspecified atom stereocenters. The molecule has 0 radical (unpaired) electrons. The van der Waals surface area contributed by atoms with Gasteiger partial charge in [0.1, 0.15) is 0 Å². The molecule has 0 aromatic rings. The van der Waals surface area contributed by atoms with Crippen LogP contribution in [0.1, 0.15) is 33.1 Å². The van der Waals surface area contributed by atoms with E-state index in [9.17, 15) is 8.42 Å². The van der Waals surface area contributed by atoms with Crippen LogP contribution in [0.3, 0.4) is 0 Å². The van der Waals surface area contributed by atoms with Crippen molar-refractivity contribution in [2.45, 2.75) is 39.2 Å². The number of hydrogen-bond acceptors (Lipinski definition) is 4. The number of piperidine rings is 1. The molecule has 8 heteroatoms. The van der Waals surface area contributed by atoms with Gasteiger partial charge in [-0.2, -0.15) is 17.0 Å². The van der Waals surface area contributed by atoms with Gasteiger partial charge in [0.2, 0.25) is 0 Å². The maximum atomic E-state index is 12.4. The van der Waals surface area contributed by atoms with Gasteiger partial charge in [-0.1, -0.05) is 18.5 Å². The minimum Gasteiger partial charge on any atom is -0.409 e. The van der Waals surface area contributed by atoms with Gasteiger partial charge in [-0.05, 0) is 19.8 Å². The zero-order chi connectivity index (χ0) is 13.8.